The van der Waals surface area contributed by atoms with Crippen LogP contribution in [0.2, 0.25) is 0 Å². The van der Waals surface area contributed by atoms with Gasteiger partial charge in [0.15, 0.2) is 0 Å². The predicted molar refractivity (Wildman–Crippen MR) is 60.0 cm³/mol. The van der Waals surface area contributed by atoms with Crippen LogP contribution in [-0.4, -0.2) is 5.11 Å². The lowest BCUT2D eigenvalue weighted by atomic mass is 9.91. The van der Waals surface area contributed by atoms with Gasteiger partial charge in [-0.25, -0.2) is 0 Å². The number of benzene rings is 1. The second-order valence-corrected chi connectivity index (χ2v) is 3.34. The van der Waals surface area contributed by atoms with Crippen molar-refractivity contribution < 1.29 is 5.11 Å². The SMILES string of the molecule is C=C[C](C)c1cccc(CO)c1CC. The zero-order valence-electron chi connectivity index (χ0n) is 8.88. The van der Waals surface area contributed by atoms with Gasteiger partial charge in [0.25, 0.3) is 0 Å². The van der Waals surface area contributed by atoms with Gasteiger partial charge in [-0.05, 0) is 23.1 Å². The first-order valence-electron chi connectivity index (χ1n) is 4.92. The number of rotatable bonds is 4. The first kappa shape index (κ1) is 11.0. The fourth-order valence-electron chi connectivity index (χ4n) is 1.68. The van der Waals surface area contributed by atoms with E-state index in [0.717, 1.165) is 17.9 Å². The summed E-state index contributed by atoms with van der Waals surface area (Å²) in [6.07, 6.45) is 2.80. The van der Waals surface area contributed by atoms with Crippen LogP contribution in [0, 0.1) is 5.92 Å². The van der Waals surface area contributed by atoms with E-state index < -0.39 is 0 Å². The normalized spacial score (nSPS) is 10.6. The molecule has 0 fully saturated rings. The molecule has 0 unspecified atom stereocenters. The van der Waals surface area contributed by atoms with Gasteiger partial charge in [-0.2, -0.15) is 0 Å². The molecule has 0 atom stereocenters. The summed E-state index contributed by atoms with van der Waals surface area (Å²) in [6.45, 7) is 8.03. The van der Waals surface area contributed by atoms with Crippen LogP contribution in [0.1, 0.15) is 30.5 Å². The lowest BCUT2D eigenvalue weighted by molar-refractivity contribution is 0.280. The van der Waals surface area contributed by atoms with Crippen LogP contribution in [0.4, 0.5) is 0 Å². The highest BCUT2D eigenvalue weighted by atomic mass is 16.3. The highest BCUT2D eigenvalue weighted by Gasteiger charge is 2.09. The van der Waals surface area contributed by atoms with Crippen LogP contribution in [0.5, 0.6) is 0 Å². The fourth-order valence-corrected chi connectivity index (χ4v) is 1.68. The van der Waals surface area contributed by atoms with Crippen molar-refractivity contribution in [2.24, 2.45) is 0 Å². The molecule has 1 nitrogen and oxygen atoms in total. The van der Waals surface area contributed by atoms with Gasteiger partial charge in [0.1, 0.15) is 0 Å². The highest BCUT2D eigenvalue weighted by Crippen LogP contribution is 2.23. The molecule has 0 amide bonds. The van der Waals surface area contributed by atoms with E-state index in [1.165, 1.54) is 11.1 Å². The Morgan fingerprint density at radius 3 is 2.71 bits per heavy atom. The van der Waals surface area contributed by atoms with Crippen molar-refractivity contribution >= 4 is 0 Å². The van der Waals surface area contributed by atoms with Crippen molar-refractivity contribution in [2.75, 3.05) is 0 Å². The molecule has 1 N–H and O–H groups in total. The van der Waals surface area contributed by atoms with E-state index in [0.29, 0.717) is 0 Å². The van der Waals surface area contributed by atoms with Crippen LogP contribution >= 0.6 is 0 Å². The first-order valence-corrected chi connectivity index (χ1v) is 4.92. The van der Waals surface area contributed by atoms with Crippen LogP contribution < -0.4 is 0 Å². The van der Waals surface area contributed by atoms with Crippen molar-refractivity contribution in [2.45, 2.75) is 26.9 Å². The molecule has 1 rings (SSSR count). The van der Waals surface area contributed by atoms with Gasteiger partial charge >= 0.3 is 0 Å². The van der Waals surface area contributed by atoms with Crippen molar-refractivity contribution in [3.8, 4) is 0 Å². The standard InChI is InChI=1S/C13H17O/c1-4-10(3)13-8-6-7-11(9-14)12(13)5-2/h4,6-8,14H,1,5,9H2,2-3H3. The Morgan fingerprint density at radius 1 is 1.50 bits per heavy atom. The molecule has 75 valence electrons. The molecule has 0 aromatic heterocycles. The quantitative estimate of drug-likeness (QED) is 0.772. The summed E-state index contributed by atoms with van der Waals surface area (Å²) in [5, 5.41) is 9.19. The minimum Gasteiger partial charge on any atom is -0.392 e. The summed E-state index contributed by atoms with van der Waals surface area (Å²) in [7, 11) is 0. The summed E-state index contributed by atoms with van der Waals surface area (Å²) in [4.78, 5) is 0. The molecule has 0 spiro atoms. The average molecular weight is 189 g/mol. The maximum Gasteiger partial charge on any atom is 0.0684 e. The van der Waals surface area contributed by atoms with E-state index in [2.05, 4.69) is 19.6 Å². The molecule has 1 heteroatoms. The van der Waals surface area contributed by atoms with Crippen molar-refractivity contribution in [3.05, 3.63) is 53.5 Å². The molecule has 1 aromatic carbocycles. The summed E-state index contributed by atoms with van der Waals surface area (Å²) >= 11 is 0. The summed E-state index contributed by atoms with van der Waals surface area (Å²) < 4.78 is 0. The van der Waals surface area contributed by atoms with E-state index in [9.17, 15) is 5.11 Å². The van der Waals surface area contributed by atoms with Crippen molar-refractivity contribution in [1.29, 1.82) is 0 Å². The summed E-state index contributed by atoms with van der Waals surface area (Å²) in [5.41, 5.74) is 3.45. The van der Waals surface area contributed by atoms with Gasteiger partial charge < -0.3 is 5.11 Å². The Morgan fingerprint density at radius 2 is 2.21 bits per heavy atom. The van der Waals surface area contributed by atoms with Crippen LogP contribution in [-0.2, 0) is 13.0 Å². The molecule has 14 heavy (non-hydrogen) atoms. The number of aliphatic hydroxyl groups excluding tert-OH is 1. The molecule has 1 radical (unpaired) electrons. The molecule has 1 aromatic rings. The van der Waals surface area contributed by atoms with E-state index in [1.54, 1.807) is 0 Å². The topological polar surface area (TPSA) is 20.2 Å². The third kappa shape index (κ3) is 2.05. The second-order valence-electron chi connectivity index (χ2n) is 3.34. The average Bonchev–Trinajstić information content (AvgIpc) is 2.26. The molecule has 0 aliphatic heterocycles. The van der Waals surface area contributed by atoms with Crippen LogP contribution in [0.25, 0.3) is 0 Å². The molecular weight excluding hydrogens is 172 g/mol. The lowest BCUT2D eigenvalue weighted by Crippen LogP contribution is -2.01. The maximum atomic E-state index is 9.19. The largest absolute Gasteiger partial charge is 0.392 e. The van der Waals surface area contributed by atoms with Gasteiger partial charge in [-0.3, -0.25) is 0 Å². The third-order valence-corrected chi connectivity index (χ3v) is 2.53. The molecule has 0 saturated heterocycles. The minimum atomic E-state index is 0.113. The lowest BCUT2D eigenvalue weighted by Gasteiger charge is -2.14. The summed E-state index contributed by atoms with van der Waals surface area (Å²) in [5.74, 6) is 1.16. The monoisotopic (exact) mass is 189 g/mol. The fraction of sp³-hybridized carbons (Fsp3) is 0.308. The Labute approximate surface area is 86.1 Å². The third-order valence-electron chi connectivity index (χ3n) is 2.53. The molecular formula is C13H17O. The summed E-state index contributed by atoms with van der Waals surface area (Å²) in [6, 6.07) is 6.03. The zero-order chi connectivity index (χ0) is 10.6. The van der Waals surface area contributed by atoms with E-state index in [4.69, 9.17) is 0 Å². The maximum absolute atomic E-state index is 9.19. The Bertz CT molecular complexity index is 315. The van der Waals surface area contributed by atoms with Crippen molar-refractivity contribution in [3.63, 3.8) is 0 Å². The smallest absolute Gasteiger partial charge is 0.0684 e. The zero-order valence-corrected chi connectivity index (χ0v) is 8.88. The Balaban J connectivity index is 3.21. The van der Waals surface area contributed by atoms with Gasteiger partial charge in [0, 0.05) is 5.92 Å². The van der Waals surface area contributed by atoms with Gasteiger partial charge in [0.2, 0.25) is 0 Å². The molecule has 0 bridgehead atoms. The molecule has 0 heterocycles. The Kier molecular flexibility index (Phi) is 3.90. The number of aliphatic hydroxyl groups is 1. The molecule has 0 aliphatic carbocycles. The molecule has 0 saturated carbocycles. The number of hydrogen-bond acceptors (Lipinski definition) is 1. The van der Waals surface area contributed by atoms with E-state index >= 15 is 0 Å². The second kappa shape index (κ2) is 4.97. The van der Waals surface area contributed by atoms with E-state index in [1.807, 2.05) is 25.1 Å². The number of allylic oxidation sites excluding steroid dienone is 1. The van der Waals surface area contributed by atoms with Gasteiger partial charge in [-0.1, -0.05) is 38.1 Å². The molecule has 0 aliphatic rings. The number of hydrogen-bond donors (Lipinski definition) is 1. The van der Waals surface area contributed by atoms with E-state index in [-0.39, 0.29) is 6.61 Å². The minimum absolute atomic E-state index is 0.113. The van der Waals surface area contributed by atoms with Crippen LogP contribution in [0.3, 0.4) is 0 Å². The van der Waals surface area contributed by atoms with Gasteiger partial charge in [0.05, 0.1) is 6.61 Å². The van der Waals surface area contributed by atoms with Gasteiger partial charge in [-0.15, -0.1) is 6.58 Å². The Hall–Kier alpha value is -1.08. The van der Waals surface area contributed by atoms with Crippen molar-refractivity contribution in [1.82, 2.24) is 0 Å². The predicted octanol–water partition coefficient (Wildman–Crippen LogP) is 2.87. The first-order chi connectivity index (χ1) is 6.74. The van der Waals surface area contributed by atoms with Crippen LogP contribution in [0.15, 0.2) is 30.9 Å². The highest BCUT2D eigenvalue weighted by molar-refractivity contribution is 5.45.